The van der Waals surface area contributed by atoms with Crippen LogP contribution in [0.5, 0.6) is 5.75 Å². The molecule has 1 aliphatic heterocycles. The SMILES string of the molecule is CC1(C)CB(c2ccc(O)cc2F)OC1(C)C. The fraction of sp³-hybridized carbons (Fsp3) is 0.538. The molecule has 0 radical (unpaired) electrons. The van der Waals surface area contributed by atoms with Gasteiger partial charge in [-0.3, -0.25) is 0 Å². The highest BCUT2D eigenvalue weighted by Crippen LogP contribution is 2.45. The quantitative estimate of drug-likeness (QED) is 0.759. The number of halogens is 1. The first-order valence-electron chi connectivity index (χ1n) is 5.89. The average molecular weight is 236 g/mol. The van der Waals surface area contributed by atoms with Gasteiger partial charge in [0.2, 0.25) is 0 Å². The maximum absolute atomic E-state index is 13.8. The van der Waals surface area contributed by atoms with Crippen LogP contribution in [-0.2, 0) is 4.65 Å². The van der Waals surface area contributed by atoms with Crippen LogP contribution < -0.4 is 5.46 Å². The third-order valence-corrected chi connectivity index (χ3v) is 4.09. The molecule has 0 saturated carbocycles. The summed E-state index contributed by atoms with van der Waals surface area (Å²) < 4.78 is 19.7. The van der Waals surface area contributed by atoms with Gasteiger partial charge in [0.25, 0.3) is 0 Å². The third kappa shape index (κ3) is 2.06. The highest BCUT2D eigenvalue weighted by molar-refractivity contribution is 6.68. The van der Waals surface area contributed by atoms with Gasteiger partial charge in [0, 0.05) is 6.07 Å². The number of phenols is 1. The molecular formula is C13H18BFO2. The van der Waals surface area contributed by atoms with Crippen molar-refractivity contribution in [1.29, 1.82) is 0 Å². The molecule has 1 fully saturated rings. The Morgan fingerprint density at radius 2 is 1.94 bits per heavy atom. The van der Waals surface area contributed by atoms with Crippen LogP contribution in [0.1, 0.15) is 27.7 Å². The van der Waals surface area contributed by atoms with E-state index in [9.17, 15) is 9.50 Å². The van der Waals surface area contributed by atoms with Gasteiger partial charge < -0.3 is 9.76 Å². The topological polar surface area (TPSA) is 29.5 Å². The minimum atomic E-state index is -0.400. The summed E-state index contributed by atoms with van der Waals surface area (Å²) >= 11 is 0. The normalized spacial score (nSPS) is 21.8. The van der Waals surface area contributed by atoms with Crippen molar-refractivity contribution in [3.8, 4) is 5.75 Å². The second kappa shape index (κ2) is 3.74. The van der Waals surface area contributed by atoms with Crippen LogP contribution in [0.15, 0.2) is 18.2 Å². The van der Waals surface area contributed by atoms with Crippen molar-refractivity contribution in [2.75, 3.05) is 0 Å². The fourth-order valence-corrected chi connectivity index (χ4v) is 2.22. The van der Waals surface area contributed by atoms with Crippen LogP contribution in [0.25, 0.3) is 0 Å². The largest absolute Gasteiger partial charge is 0.508 e. The van der Waals surface area contributed by atoms with Crippen LogP contribution in [0.2, 0.25) is 6.32 Å². The smallest absolute Gasteiger partial charge is 0.330 e. The van der Waals surface area contributed by atoms with Gasteiger partial charge in [-0.25, -0.2) is 4.39 Å². The summed E-state index contributed by atoms with van der Waals surface area (Å²) in [6.07, 6.45) is 0.779. The van der Waals surface area contributed by atoms with E-state index >= 15 is 0 Å². The molecule has 0 amide bonds. The molecule has 4 heteroatoms. The van der Waals surface area contributed by atoms with E-state index < -0.39 is 5.82 Å². The number of aromatic hydroxyl groups is 1. The molecule has 1 N–H and O–H groups in total. The van der Waals surface area contributed by atoms with E-state index in [1.54, 1.807) is 6.07 Å². The molecule has 1 aromatic carbocycles. The van der Waals surface area contributed by atoms with Crippen molar-refractivity contribution >= 4 is 12.4 Å². The van der Waals surface area contributed by atoms with Gasteiger partial charge in [-0.05, 0) is 37.1 Å². The summed E-state index contributed by atoms with van der Waals surface area (Å²) in [6, 6.07) is 4.24. The molecular weight excluding hydrogens is 218 g/mol. The number of hydrogen-bond donors (Lipinski definition) is 1. The van der Waals surface area contributed by atoms with E-state index in [-0.39, 0.29) is 23.7 Å². The molecule has 17 heavy (non-hydrogen) atoms. The summed E-state index contributed by atoms with van der Waals surface area (Å²) in [5.41, 5.74) is 0.255. The highest BCUT2D eigenvalue weighted by atomic mass is 19.1. The second-order valence-corrected chi connectivity index (χ2v) is 5.91. The van der Waals surface area contributed by atoms with E-state index in [1.807, 2.05) is 13.8 Å². The minimum absolute atomic E-state index is 0.00198. The number of hydrogen-bond acceptors (Lipinski definition) is 2. The molecule has 1 aromatic rings. The molecule has 1 heterocycles. The number of benzene rings is 1. The molecule has 92 valence electrons. The van der Waals surface area contributed by atoms with E-state index in [4.69, 9.17) is 4.65 Å². The number of rotatable bonds is 1. The lowest BCUT2D eigenvalue weighted by Gasteiger charge is -2.34. The first-order valence-corrected chi connectivity index (χ1v) is 5.89. The summed E-state index contributed by atoms with van der Waals surface area (Å²) in [5, 5.41) is 9.20. The molecule has 1 saturated heterocycles. The fourth-order valence-electron chi connectivity index (χ4n) is 2.22. The van der Waals surface area contributed by atoms with Crippen molar-refractivity contribution in [2.45, 2.75) is 39.6 Å². The Bertz CT molecular complexity index is 427. The van der Waals surface area contributed by atoms with E-state index in [0.717, 1.165) is 12.4 Å². The molecule has 0 bridgehead atoms. The maximum atomic E-state index is 13.8. The lowest BCUT2D eigenvalue weighted by atomic mass is 9.54. The number of phenolic OH excluding ortho intramolecular Hbond substituents is 1. The Hall–Kier alpha value is -1.03. The van der Waals surface area contributed by atoms with Gasteiger partial charge in [-0.1, -0.05) is 19.9 Å². The summed E-state index contributed by atoms with van der Waals surface area (Å²) in [5.74, 6) is -0.453. The molecule has 2 nitrogen and oxygen atoms in total. The van der Waals surface area contributed by atoms with Gasteiger partial charge >= 0.3 is 6.92 Å². The first kappa shape index (κ1) is 12.4. The molecule has 0 aromatic heterocycles. The van der Waals surface area contributed by atoms with Crippen molar-refractivity contribution in [3.05, 3.63) is 24.0 Å². The van der Waals surface area contributed by atoms with E-state index in [2.05, 4.69) is 13.8 Å². The van der Waals surface area contributed by atoms with Crippen LogP contribution >= 0.6 is 0 Å². The Balaban J connectivity index is 2.32. The highest BCUT2D eigenvalue weighted by Gasteiger charge is 2.50. The standard InChI is InChI=1S/C13H18BFO2/c1-12(2)8-14(17-13(12,3)4)10-6-5-9(16)7-11(10)15/h5-7,16H,8H2,1-4H3. The summed E-state index contributed by atoms with van der Waals surface area (Å²) in [7, 11) is 0. The third-order valence-electron chi connectivity index (χ3n) is 4.09. The minimum Gasteiger partial charge on any atom is -0.508 e. The Morgan fingerprint density at radius 3 is 2.41 bits per heavy atom. The van der Waals surface area contributed by atoms with Crippen molar-refractivity contribution in [2.24, 2.45) is 5.41 Å². The molecule has 1 aliphatic rings. The van der Waals surface area contributed by atoms with Gasteiger partial charge in [0.05, 0.1) is 5.60 Å². The Labute approximate surface area is 102 Å². The first-order chi connectivity index (χ1) is 7.73. The van der Waals surface area contributed by atoms with Crippen LogP contribution in [0.4, 0.5) is 4.39 Å². The Kier molecular flexibility index (Phi) is 2.73. The molecule has 2 rings (SSSR count). The van der Waals surface area contributed by atoms with Crippen molar-refractivity contribution in [3.63, 3.8) is 0 Å². The van der Waals surface area contributed by atoms with Gasteiger partial charge in [0.15, 0.2) is 0 Å². The molecule has 0 unspecified atom stereocenters. The van der Waals surface area contributed by atoms with Gasteiger partial charge in [0.1, 0.15) is 11.6 Å². The van der Waals surface area contributed by atoms with Crippen molar-refractivity contribution < 1.29 is 14.2 Å². The van der Waals surface area contributed by atoms with Crippen LogP contribution in [0.3, 0.4) is 0 Å². The lowest BCUT2D eigenvalue weighted by molar-refractivity contribution is 0.0375. The predicted octanol–water partition coefficient (Wildman–Crippen LogP) is 2.56. The second-order valence-electron chi connectivity index (χ2n) is 5.91. The van der Waals surface area contributed by atoms with E-state index in [1.165, 1.54) is 6.07 Å². The zero-order valence-corrected chi connectivity index (χ0v) is 10.7. The van der Waals surface area contributed by atoms with Gasteiger partial charge in [-0.2, -0.15) is 0 Å². The van der Waals surface area contributed by atoms with Crippen LogP contribution in [0, 0.1) is 11.2 Å². The molecule has 0 aliphatic carbocycles. The predicted molar refractivity (Wildman–Crippen MR) is 67.2 cm³/mol. The van der Waals surface area contributed by atoms with Crippen LogP contribution in [-0.4, -0.2) is 17.6 Å². The maximum Gasteiger partial charge on any atom is 0.330 e. The zero-order valence-electron chi connectivity index (χ0n) is 10.7. The monoisotopic (exact) mass is 236 g/mol. The van der Waals surface area contributed by atoms with E-state index in [0.29, 0.717) is 5.46 Å². The zero-order chi connectivity index (χ0) is 12.8. The average Bonchev–Trinajstić information content (AvgIpc) is 2.35. The molecule has 0 spiro atoms. The lowest BCUT2D eigenvalue weighted by Crippen LogP contribution is -2.36. The van der Waals surface area contributed by atoms with Gasteiger partial charge in [-0.15, -0.1) is 0 Å². The van der Waals surface area contributed by atoms with Crippen molar-refractivity contribution in [1.82, 2.24) is 0 Å². The Morgan fingerprint density at radius 1 is 1.29 bits per heavy atom. The molecule has 0 atom stereocenters. The summed E-state index contributed by atoms with van der Waals surface area (Å²) in [4.78, 5) is 0. The summed E-state index contributed by atoms with van der Waals surface area (Å²) in [6.45, 7) is 8.09.